The van der Waals surface area contributed by atoms with Crippen LogP contribution in [-0.4, -0.2) is 54.8 Å². The Labute approximate surface area is 241 Å². The van der Waals surface area contributed by atoms with Crippen LogP contribution in [0.3, 0.4) is 0 Å². The van der Waals surface area contributed by atoms with Crippen LogP contribution < -0.4 is 20.7 Å². The highest BCUT2D eigenvalue weighted by Crippen LogP contribution is 2.40. The zero-order valence-electron chi connectivity index (χ0n) is 22.9. The predicted octanol–water partition coefficient (Wildman–Crippen LogP) is 6.36. The van der Waals surface area contributed by atoms with Gasteiger partial charge in [0, 0.05) is 61.7 Å². The summed E-state index contributed by atoms with van der Waals surface area (Å²) < 4.78 is 26.8. The molecule has 11 heteroatoms. The van der Waals surface area contributed by atoms with Gasteiger partial charge in [0.1, 0.15) is 5.75 Å². The molecule has 1 aliphatic rings. The van der Waals surface area contributed by atoms with E-state index in [0.717, 1.165) is 39.1 Å². The van der Waals surface area contributed by atoms with E-state index in [9.17, 15) is 14.0 Å². The number of ether oxygens (including phenoxy) is 2. The molecule has 4 aromatic rings. The Hall–Kier alpha value is -4.22. The maximum atomic E-state index is 14.9. The molecule has 41 heavy (non-hydrogen) atoms. The number of pyridine rings is 1. The summed E-state index contributed by atoms with van der Waals surface area (Å²) >= 11 is 1.50. The van der Waals surface area contributed by atoms with Gasteiger partial charge in [-0.05, 0) is 49.1 Å². The van der Waals surface area contributed by atoms with Crippen LogP contribution in [0.15, 0.2) is 60.8 Å². The van der Waals surface area contributed by atoms with Crippen LogP contribution in [0.25, 0.3) is 20.7 Å². The first-order valence-corrected chi connectivity index (χ1v) is 14.3. The highest BCUT2D eigenvalue weighted by atomic mass is 32.1. The van der Waals surface area contributed by atoms with Crippen LogP contribution in [0, 0.1) is 5.82 Å². The van der Waals surface area contributed by atoms with E-state index in [2.05, 4.69) is 20.9 Å². The van der Waals surface area contributed by atoms with E-state index in [1.165, 1.54) is 23.5 Å². The van der Waals surface area contributed by atoms with Gasteiger partial charge in [-0.15, -0.1) is 11.3 Å². The average molecular weight is 578 g/mol. The lowest BCUT2D eigenvalue weighted by atomic mass is 10.1. The molecular formula is C30H32FN5O4S. The van der Waals surface area contributed by atoms with Crippen LogP contribution in [0.5, 0.6) is 11.5 Å². The zero-order chi connectivity index (χ0) is 28.8. The number of nitrogens with zero attached hydrogens (tertiary/aromatic N) is 2. The molecule has 4 amide bonds. The highest BCUT2D eigenvalue weighted by Gasteiger charge is 2.23. The van der Waals surface area contributed by atoms with Crippen LogP contribution in [0.1, 0.15) is 25.3 Å². The first-order valence-electron chi connectivity index (χ1n) is 13.5. The van der Waals surface area contributed by atoms with Gasteiger partial charge in [0.25, 0.3) is 0 Å². The third kappa shape index (κ3) is 7.30. The van der Waals surface area contributed by atoms with Crippen molar-refractivity contribution in [3.05, 3.63) is 72.2 Å². The standard InChI is InChI=1S/C30H32FN5O4S/c1-3-32-30(38)36(14-15-39-2)18-19-4-6-20(7-5-19)27-17-24-28(41-27)26(12-13-33-24)40-25-11-10-22(16-23(25)31)35-29(37)34-21-8-9-21/h4-7,10-13,16-17,21H,3,8-9,14-15,18H2,1-2H3,(H,32,38)(H2,34,35,37). The Bertz CT molecular complexity index is 1520. The summed E-state index contributed by atoms with van der Waals surface area (Å²) in [5, 5.41) is 8.30. The number of carbonyl (C=O) groups is 2. The van der Waals surface area contributed by atoms with Crippen molar-refractivity contribution in [2.75, 3.05) is 32.1 Å². The summed E-state index contributed by atoms with van der Waals surface area (Å²) in [6.07, 6.45) is 3.57. The second-order valence-corrected chi connectivity index (χ2v) is 10.8. The Morgan fingerprint density at radius 2 is 1.90 bits per heavy atom. The minimum absolute atomic E-state index is 0.0510. The number of halogens is 1. The number of methoxy groups -OCH3 is 1. The maximum Gasteiger partial charge on any atom is 0.319 e. The number of aromatic nitrogens is 1. The molecule has 1 aliphatic carbocycles. The van der Waals surface area contributed by atoms with Gasteiger partial charge >= 0.3 is 12.1 Å². The van der Waals surface area contributed by atoms with Crippen LogP contribution >= 0.6 is 11.3 Å². The maximum absolute atomic E-state index is 14.9. The van der Waals surface area contributed by atoms with E-state index in [1.54, 1.807) is 30.3 Å². The summed E-state index contributed by atoms with van der Waals surface area (Å²) in [7, 11) is 1.61. The van der Waals surface area contributed by atoms with Crippen LogP contribution in [0.4, 0.5) is 19.7 Å². The fourth-order valence-corrected chi connectivity index (χ4v) is 5.28. The van der Waals surface area contributed by atoms with E-state index in [0.29, 0.717) is 37.7 Å². The van der Waals surface area contributed by atoms with Crippen molar-refractivity contribution >= 4 is 39.3 Å². The third-order valence-electron chi connectivity index (χ3n) is 6.49. The third-order valence-corrected chi connectivity index (χ3v) is 7.68. The van der Waals surface area contributed by atoms with Gasteiger partial charge in [0.15, 0.2) is 11.6 Å². The molecule has 0 spiro atoms. The smallest absolute Gasteiger partial charge is 0.319 e. The number of hydrogen-bond donors (Lipinski definition) is 3. The lowest BCUT2D eigenvalue weighted by Gasteiger charge is -2.22. The molecular weight excluding hydrogens is 545 g/mol. The number of fused-ring (bicyclic) bond motifs is 1. The van der Waals surface area contributed by atoms with Crippen molar-refractivity contribution in [1.29, 1.82) is 0 Å². The van der Waals surface area contributed by atoms with Gasteiger partial charge in [0.05, 0.1) is 16.8 Å². The van der Waals surface area contributed by atoms with Crippen molar-refractivity contribution in [3.63, 3.8) is 0 Å². The summed E-state index contributed by atoms with van der Waals surface area (Å²) in [5.74, 6) is -0.0431. The van der Waals surface area contributed by atoms with Crippen molar-refractivity contribution < 1.29 is 23.5 Å². The normalized spacial score (nSPS) is 12.7. The number of urea groups is 2. The predicted molar refractivity (Wildman–Crippen MR) is 158 cm³/mol. The molecule has 1 saturated carbocycles. The number of benzene rings is 2. The molecule has 1 fully saturated rings. The Kier molecular flexibility index (Phi) is 8.95. The monoisotopic (exact) mass is 577 g/mol. The molecule has 0 saturated heterocycles. The number of nitrogens with one attached hydrogen (secondary N) is 3. The van der Waals surface area contributed by atoms with Crippen LogP contribution in [0.2, 0.25) is 0 Å². The van der Waals surface area contributed by atoms with E-state index >= 15 is 0 Å². The van der Waals surface area contributed by atoms with Crippen molar-refractivity contribution in [2.24, 2.45) is 0 Å². The Balaban J connectivity index is 1.29. The number of hydrogen-bond acceptors (Lipinski definition) is 6. The number of rotatable bonds is 11. The molecule has 214 valence electrons. The first-order chi connectivity index (χ1) is 19.9. The van der Waals surface area contributed by atoms with Gasteiger partial charge in [-0.25, -0.2) is 14.0 Å². The fourth-order valence-electron chi connectivity index (χ4n) is 4.21. The average Bonchev–Trinajstić information content (AvgIpc) is 3.66. The Morgan fingerprint density at radius 3 is 2.61 bits per heavy atom. The topological polar surface area (TPSA) is 105 Å². The summed E-state index contributed by atoms with van der Waals surface area (Å²) in [5.41, 5.74) is 3.08. The Morgan fingerprint density at radius 1 is 1.10 bits per heavy atom. The lowest BCUT2D eigenvalue weighted by molar-refractivity contribution is 0.147. The fraction of sp³-hybridized carbons (Fsp3) is 0.300. The summed E-state index contributed by atoms with van der Waals surface area (Å²) in [4.78, 5) is 31.6. The molecule has 3 N–H and O–H groups in total. The SMILES string of the molecule is CCNC(=O)N(CCOC)Cc1ccc(-c2cc3nccc(Oc4ccc(NC(=O)NC5CC5)cc4F)c3s2)cc1. The molecule has 0 bridgehead atoms. The number of carbonyl (C=O) groups excluding carboxylic acids is 2. The van der Waals surface area contributed by atoms with E-state index < -0.39 is 5.82 Å². The number of amides is 4. The zero-order valence-corrected chi connectivity index (χ0v) is 23.7. The highest BCUT2D eigenvalue weighted by molar-refractivity contribution is 7.22. The summed E-state index contributed by atoms with van der Waals surface area (Å²) in [6.45, 7) is 3.86. The van der Waals surface area contributed by atoms with Crippen molar-refractivity contribution in [3.8, 4) is 21.9 Å². The lowest BCUT2D eigenvalue weighted by Crippen LogP contribution is -2.41. The molecule has 0 unspecified atom stereocenters. The minimum Gasteiger partial charge on any atom is -0.453 e. The molecule has 5 rings (SSSR count). The molecule has 0 radical (unpaired) electrons. The second-order valence-electron chi connectivity index (χ2n) is 9.70. The largest absolute Gasteiger partial charge is 0.453 e. The molecule has 0 aliphatic heterocycles. The second kappa shape index (κ2) is 13.0. The molecule has 0 atom stereocenters. The molecule has 2 heterocycles. The van der Waals surface area contributed by atoms with Crippen molar-refractivity contribution in [1.82, 2.24) is 20.5 Å². The van der Waals surface area contributed by atoms with Gasteiger partial charge in [-0.1, -0.05) is 24.3 Å². The van der Waals surface area contributed by atoms with Crippen molar-refractivity contribution in [2.45, 2.75) is 32.4 Å². The molecule has 2 aromatic heterocycles. The van der Waals surface area contributed by atoms with Crippen LogP contribution in [-0.2, 0) is 11.3 Å². The van der Waals surface area contributed by atoms with Gasteiger partial charge in [-0.3, -0.25) is 4.98 Å². The number of anilines is 1. The van der Waals surface area contributed by atoms with E-state index in [1.807, 2.05) is 37.3 Å². The number of thiophene rings is 1. The van der Waals surface area contributed by atoms with E-state index in [-0.39, 0.29) is 23.9 Å². The molecule has 9 nitrogen and oxygen atoms in total. The van der Waals surface area contributed by atoms with Gasteiger partial charge in [-0.2, -0.15) is 0 Å². The minimum atomic E-state index is -0.585. The van der Waals surface area contributed by atoms with E-state index in [4.69, 9.17) is 9.47 Å². The van der Waals surface area contributed by atoms with Gasteiger partial charge in [0.2, 0.25) is 0 Å². The summed E-state index contributed by atoms with van der Waals surface area (Å²) in [6, 6.07) is 15.8. The quantitative estimate of drug-likeness (QED) is 0.193. The van der Waals surface area contributed by atoms with Gasteiger partial charge < -0.3 is 30.3 Å². The first kappa shape index (κ1) is 28.3. The molecule has 2 aromatic carbocycles.